The van der Waals surface area contributed by atoms with E-state index in [1.165, 1.54) is 30.6 Å². The van der Waals surface area contributed by atoms with Crippen LogP contribution in [0.4, 0.5) is 11.6 Å². The van der Waals surface area contributed by atoms with Crippen molar-refractivity contribution in [3.8, 4) is 0 Å². The summed E-state index contributed by atoms with van der Waals surface area (Å²) in [6.07, 6.45) is 2.40. The Labute approximate surface area is 126 Å². The summed E-state index contributed by atoms with van der Waals surface area (Å²) in [4.78, 5) is 7.63. The molecule has 2 rings (SSSR count). The summed E-state index contributed by atoms with van der Waals surface area (Å²) < 4.78 is 26.6. The predicted molar refractivity (Wildman–Crippen MR) is 78.8 cm³/mol. The number of halogens is 2. The van der Waals surface area contributed by atoms with Gasteiger partial charge in [0, 0.05) is 12.1 Å². The Hall–Kier alpha value is -1.57. The van der Waals surface area contributed by atoms with Crippen LogP contribution in [0.25, 0.3) is 0 Å². The highest BCUT2D eigenvalue weighted by Crippen LogP contribution is 2.27. The van der Waals surface area contributed by atoms with E-state index in [1.807, 2.05) is 0 Å². The van der Waals surface area contributed by atoms with Crippen LogP contribution in [0.3, 0.4) is 0 Å². The van der Waals surface area contributed by atoms with Crippen molar-refractivity contribution in [1.82, 2.24) is 9.97 Å². The zero-order chi connectivity index (χ0) is 14.8. The fourth-order valence-electron chi connectivity index (χ4n) is 1.36. The second kappa shape index (κ2) is 5.82. The molecule has 2 aromatic rings. The minimum atomic E-state index is -3.80. The second-order valence-corrected chi connectivity index (χ2v) is 6.25. The molecule has 0 spiro atoms. The van der Waals surface area contributed by atoms with Gasteiger partial charge in [-0.1, -0.05) is 23.2 Å². The van der Waals surface area contributed by atoms with Crippen molar-refractivity contribution in [2.45, 2.75) is 4.90 Å². The number of sulfonamides is 1. The molecule has 0 aliphatic carbocycles. The van der Waals surface area contributed by atoms with E-state index in [2.05, 4.69) is 20.0 Å². The van der Waals surface area contributed by atoms with Crippen molar-refractivity contribution >= 4 is 44.9 Å². The average Bonchev–Trinajstić information content (AvgIpc) is 2.42. The normalized spacial score (nSPS) is 11.2. The van der Waals surface area contributed by atoms with Gasteiger partial charge in [0.15, 0.2) is 0 Å². The van der Waals surface area contributed by atoms with Crippen LogP contribution >= 0.6 is 23.2 Å². The Kier molecular flexibility index (Phi) is 4.32. The lowest BCUT2D eigenvalue weighted by Crippen LogP contribution is -2.14. The topological polar surface area (TPSA) is 84.0 Å². The molecule has 0 radical (unpaired) electrons. The maximum Gasteiger partial charge on any atom is 0.265 e. The van der Waals surface area contributed by atoms with Crippen LogP contribution in [0, 0.1) is 0 Å². The molecular weight excluding hydrogens is 323 g/mol. The van der Waals surface area contributed by atoms with Gasteiger partial charge in [-0.2, -0.15) is 0 Å². The van der Waals surface area contributed by atoms with E-state index >= 15 is 0 Å². The van der Waals surface area contributed by atoms with Gasteiger partial charge in [-0.3, -0.25) is 4.72 Å². The predicted octanol–water partition coefficient (Wildman–Crippen LogP) is 2.63. The van der Waals surface area contributed by atoms with Crippen molar-refractivity contribution in [3.05, 3.63) is 40.6 Å². The number of nitrogens with one attached hydrogen (secondary N) is 2. The summed E-state index contributed by atoms with van der Waals surface area (Å²) in [6.45, 7) is 0. The van der Waals surface area contributed by atoms with Crippen LogP contribution in [-0.4, -0.2) is 25.4 Å². The van der Waals surface area contributed by atoms with Gasteiger partial charge in [-0.05, 0) is 18.2 Å². The van der Waals surface area contributed by atoms with Crippen LogP contribution in [0.2, 0.25) is 10.0 Å². The van der Waals surface area contributed by atoms with Gasteiger partial charge >= 0.3 is 0 Å². The molecule has 1 aromatic carbocycles. The van der Waals surface area contributed by atoms with Gasteiger partial charge in [0.25, 0.3) is 10.0 Å². The Morgan fingerprint density at radius 3 is 2.35 bits per heavy atom. The molecule has 20 heavy (non-hydrogen) atoms. The largest absolute Gasteiger partial charge is 0.357 e. The molecule has 0 atom stereocenters. The first-order chi connectivity index (χ1) is 9.42. The molecule has 0 aliphatic rings. The van der Waals surface area contributed by atoms with Crippen molar-refractivity contribution in [2.75, 3.05) is 17.1 Å². The Balaban J connectivity index is 2.30. The van der Waals surface area contributed by atoms with Gasteiger partial charge < -0.3 is 5.32 Å². The van der Waals surface area contributed by atoms with E-state index < -0.39 is 10.0 Å². The number of nitrogens with zero attached hydrogens (tertiary/aromatic N) is 2. The van der Waals surface area contributed by atoms with E-state index in [0.29, 0.717) is 11.0 Å². The molecular formula is C11H10Cl2N4O2S. The Bertz CT molecular complexity index is 720. The summed E-state index contributed by atoms with van der Waals surface area (Å²) in [5, 5.41) is 3.32. The molecule has 1 aromatic heterocycles. The van der Waals surface area contributed by atoms with Gasteiger partial charge in [-0.25, -0.2) is 18.4 Å². The molecule has 0 fully saturated rings. The first-order valence-corrected chi connectivity index (χ1v) is 7.64. The van der Waals surface area contributed by atoms with Crippen molar-refractivity contribution in [1.29, 1.82) is 0 Å². The SMILES string of the molecule is CNc1ncc(S(=O)(=O)Nc2ccc(Cl)cc2Cl)cn1. The smallest absolute Gasteiger partial charge is 0.265 e. The minimum Gasteiger partial charge on any atom is -0.357 e. The highest BCUT2D eigenvalue weighted by molar-refractivity contribution is 7.92. The molecule has 0 saturated heterocycles. The maximum absolute atomic E-state index is 12.1. The zero-order valence-electron chi connectivity index (χ0n) is 10.3. The lowest BCUT2D eigenvalue weighted by Gasteiger charge is -2.09. The maximum atomic E-state index is 12.1. The fourth-order valence-corrected chi connectivity index (χ4v) is 2.84. The quantitative estimate of drug-likeness (QED) is 0.899. The third-order valence-electron chi connectivity index (χ3n) is 2.34. The number of benzene rings is 1. The minimum absolute atomic E-state index is 0.0671. The van der Waals surface area contributed by atoms with E-state index in [0.717, 1.165) is 0 Å². The lowest BCUT2D eigenvalue weighted by molar-refractivity contribution is 0.600. The first-order valence-electron chi connectivity index (χ1n) is 5.40. The van der Waals surface area contributed by atoms with Crippen LogP contribution in [0.1, 0.15) is 0 Å². The molecule has 106 valence electrons. The van der Waals surface area contributed by atoms with E-state index in [1.54, 1.807) is 7.05 Å². The average molecular weight is 333 g/mol. The second-order valence-electron chi connectivity index (χ2n) is 3.72. The van der Waals surface area contributed by atoms with Crippen molar-refractivity contribution < 1.29 is 8.42 Å². The molecule has 0 saturated carbocycles. The summed E-state index contributed by atoms with van der Waals surface area (Å²) in [5.74, 6) is 0.327. The molecule has 0 aliphatic heterocycles. The summed E-state index contributed by atoms with van der Waals surface area (Å²) >= 11 is 11.7. The number of hydrogen-bond donors (Lipinski definition) is 2. The van der Waals surface area contributed by atoms with Gasteiger partial charge in [0.1, 0.15) is 4.90 Å². The third kappa shape index (κ3) is 3.30. The van der Waals surface area contributed by atoms with Gasteiger partial charge in [0.05, 0.1) is 23.1 Å². The van der Waals surface area contributed by atoms with Crippen LogP contribution in [0.15, 0.2) is 35.5 Å². The standard InChI is InChI=1S/C11H10Cl2N4O2S/c1-14-11-15-5-8(6-16-11)20(18,19)17-10-3-2-7(12)4-9(10)13/h2-6,17H,1H3,(H,14,15,16). The summed E-state index contributed by atoms with van der Waals surface area (Å²) in [6, 6.07) is 4.46. The van der Waals surface area contributed by atoms with Crippen molar-refractivity contribution in [2.24, 2.45) is 0 Å². The molecule has 0 unspecified atom stereocenters. The van der Waals surface area contributed by atoms with Crippen LogP contribution in [-0.2, 0) is 10.0 Å². The molecule has 6 nitrogen and oxygen atoms in total. The van der Waals surface area contributed by atoms with E-state index in [-0.39, 0.29) is 15.6 Å². The lowest BCUT2D eigenvalue weighted by atomic mass is 10.3. The number of hydrogen-bond acceptors (Lipinski definition) is 5. The first kappa shape index (κ1) is 14.8. The molecule has 0 amide bonds. The fraction of sp³-hybridized carbons (Fsp3) is 0.0909. The van der Waals surface area contributed by atoms with Crippen LogP contribution < -0.4 is 10.0 Å². The van der Waals surface area contributed by atoms with E-state index in [9.17, 15) is 8.42 Å². The molecule has 9 heteroatoms. The number of aromatic nitrogens is 2. The Morgan fingerprint density at radius 1 is 1.15 bits per heavy atom. The van der Waals surface area contributed by atoms with Gasteiger partial charge in [0.2, 0.25) is 5.95 Å². The molecule has 1 heterocycles. The monoisotopic (exact) mass is 332 g/mol. The Morgan fingerprint density at radius 2 is 1.80 bits per heavy atom. The number of rotatable bonds is 4. The summed E-state index contributed by atoms with van der Waals surface area (Å²) in [5.41, 5.74) is 0.230. The molecule has 2 N–H and O–H groups in total. The van der Waals surface area contributed by atoms with Crippen LogP contribution in [0.5, 0.6) is 0 Å². The number of anilines is 2. The zero-order valence-corrected chi connectivity index (χ0v) is 12.6. The third-order valence-corrected chi connectivity index (χ3v) is 4.21. The van der Waals surface area contributed by atoms with Gasteiger partial charge in [-0.15, -0.1) is 0 Å². The van der Waals surface area contributed by atoms with Crippen molar-refractivity contribution in [3.63, 3.8) is 0 Å². The molecule has 0 bridgehead atoms. The highest BCUT2D eigenvalue weighted by Gasteiger charge is 2.17. The van der Waals surface area contributed by atoms with E-state index in [4.69, 9.17) is 23.2 Å². The highest BCUT2D eigenvalue weighted by atomic mass is 35.5. The summed E-state index contributed by atoms with van der Waals surface area (Å²) in [7, 11) is -2.17.